The summed E-state index contributed by atoms with van der Waals surface area (Å²) in [5.74, 6) is -0.247. The quantitative estimate of drug-likeness (QED) is 0.842. The molecule has 1 saturated carbocycles. The van der Waals surface area contributed by atoms with Crippen molar-refractivity contribution in [3.63, 3.8) is 0 Å². The van der Waals surface area contributed by atoms with Crippen molar-refractivity contribution in [2.75, 3.05) is 0 Å². The first kappa shape index (κ1) is 16.4. The van der Waals surface area contributed by atoms with E-state index in [1.54, 1.807) is 4.57 Å². The molecule has 1 N–H and O–H groups in total. The van der Waals surface area contributed by atoms with Crippen molar-refractivity contribution < 1.29 is 13.2 Å². The zero-order valence-corrected chi connectivity index (χ0v) is 13.9. The van der Waals surface area contributed by atoms with Gasteiger partial charge in [-0.05, 0) is 32.3 Å². The third-order valence-corrected chi connectivity index (χ3v) is 5.37. The Balaban J connectivity index is 2.37. The molecular weight excluding hydrogens is 312 g/mol. The Morgan fingerprint density at radius 2 is 2.10 bits per heavy atom. The molecule has 7 heteroatoms. The zero-order valence-electron chi connectivity index (χ0n) is 12.3. The Labute approximate surface area is 130 Å². The molecule has 2 rings (SSSR count). The number of nitrogens with zero attached hydrogens (tertiary/aromatic N) is 1. The Kier molecular flexibility index (Phi) is 4.99. The lowest BCUT2D eigenvalue weighted by Crippen LogP contribution is -2.33. The predicted octanol–water partition coefficient (Wildman–Crippen LogP) is 3.06. The highest BCUT2D eigenvalue weighted by Crippen LogP contribution is 2.32. The molecule has 1 atom stereocenters. The first-order chi connectivity index (χ1) is 9.82. The maximum Gasteiger partial charge on any atom is 0.268 e. The lowest BCUT2D eigenvalue weighted by Gasteiger charge is -2.17. The van der Waals surface area contributed by atoms with Gasteiger partial charge in [-0.15, -0.1) is 0 Å². The molecule has 0 aliphatic heterocycles. The van der Waals surface area contributed by atoms with Crippen LogP contribution in [0.2, 0.25) is 0 Å². The van der Waals surface area contributed by atoms with Crippen LogP contribution in [0.5, 0.6) is 0 Å². The van der Waals surface area contributed by atoms with E-state index in [-0.39, 0.29) is 22.9 Å². The monoisotopic (exact) mass is 332 g/mol. The normalized spacial score (nSPS) is 17.9. The van der Waals surface area contributed by atoms with Gasteiger partial charge in [0.25, 0.3) is 15.0 Å². The molecule has 118 valence electrons. The van der Waals surface area contributed by atoms with E-state index < -0.39 is 9.05 Å². The van der Waals surface area contributed by atoms with Crippen LogP contribution in [0, 0.1) is 0 Å². The number of hydrogen-bond donors (Lipinski definition) is 1. The third-order valence-electron chi connectivity index (χ3n) is 4.05. The zero-order chi connectivity index (χ0) is 15.6. The fraction of sp³-hybridized carbons (Fsp3) is 0.643. The van der Waals surface area contributed by atoms with Crippen molar-refractivity contribution in [1.82, 2.24) is 9.88 Å². The fourth-order valence-electron chi connectivity index (χ4n) is 2.65. The van der Waals surface area contributed by atoms with Crippen LogP contribution in [0.4, 0.5) is 0 Å². The predicted molar refractivity (Wildman–Crippen MR) is 82.2 cm³/mol. The van der Waals surface area contributed by atoms with Gasteiger partial charge in [0.1, 0.15) is 10.6 Å². The average Bonchev–Trinajstić information content (AvgIpc) is 3.06. The number of hydrogen-bond acceptors (Lipinski definition) is 3. The highest BCUT2D eigenvalue weighted by Gasteiger charge is 2.26. The SMILES string of the molecule is CCC(C)NC(=O)c1cc(S(=O)(=O)Cl)cn1C1CCCC1. The number of rotatable bonds is 5. The molecule has 1 fully saturated rings. The summed E-state index contributed by atoms with van der Waals surface area (Å²) in [5.41, 5.74) is 0.376. The van der Waals surface area contributed by atoms with Crippen molar-refractivity contribution in [3.8, 4) is 0 Å². The molecule has 0 bridgehead atoms. The summed E-state index contributed by atoms with van der Waals surface area (Å²) in [6.45, 7) is 3.90. The van der Waals surface area contributed by atoms with E-state index in [9.17, 15) is 13.2 Å². The van der Waals surface area contributed by atoms with Crippen molar-refractivity contribution in [2.45, 2.75) is 62.9 Å². The van der Waals surface area contributed by atoms with Crippen LogP contribution < -0.4 is 5.32 Å². The van der Waals surface area contributed by atoms with Crippen molar-refractivity contribution in [3.05, 3.63) is 18.0 Å². The minimum Gasteiger partial charge on any atom is -0.348 e. The van der Waals surface area contributed by atoms with E-state index in [0.29, 0.717) is 5.69 Å². The second-order valence-electron chi connectivity index (χ2n) is 5.63. The summed E-state index contributed by atoms with van der Waals surface area (Å²) in [6, 6.07) is 1.59. The summed E-state index contributed by atoms with van der Waals surface area (Å²) >= 11 is 0. The average molecular weight is 333 g/mol. The molecule has 1 aromatic heterocycles. The van der Waals surface area contributed by atoms with E-state index in [2.05, 4.69) is 5.32 Å². The molecule has 0 saturated heterocycles. The lowest BCUT2D eigenvalue weighted by atomic mass is 10.2. The second-order valence-corrected chi connectivity index (χ2v) is 8.19. The molecule has 0 aromatic carbocycles. The van der Waals surface area contributed by atoms with E-state index >= 15 is 0 Å². The van der Waals surface area contributed by atoms with E-state index in [0.717, 1.165) is 32.1 Å². The molecule has 0 spiro atoms. The largest absolute Gasteiger partial charge is 0.348 e. The number of carbonyl (C=O) groups is 1. The van der Waals surface area contributed by atoms with Gasteiger partial charge in [-0.1, -0.05) is 19.8 Å². The first-order valence-corrected chi connectivity index (χ1v) is 9.61. The molecule has 5 nitrogen and oxygen atoms in total. The van der Waals surface area contributed by atoms with Gasteiger partial charge >= 0.3 is 0 Å². The van der Waals surface area contributed by atoms with Crippen LogP contribution in [0.3, 0.4) is 0 Å². The number of nitrogens with one attached hydrogen (secondary N) is 1. The molecule has 1 aliphatic carbocycles. The van der Waals surface area contributed by atoms with Gasteiger partial charge in [-0.2, -0.15) is 0 Å². The summed E-state index contributed by atoms with van der Waals surface area (Å²) in [4.78, 5) is 12.4. The molecule has 1 heterocycles. The first-order valence-electron chi connectivity index (χ1n) is 7.30. The van der Waals surface area contributed by atoms with Crippen LogP contribution in [0.1, 0.15) is 62.5 Å². The molecule has 21 heavy (non-hydrogen) atoms. The maximum atomic E-state index is 12.4. The smallest absolute Gasteiger partial charge is 0.268 e. The van der Waals surface area contributed by atoms with Gasteiger partial charge in [0.05, 0.1) is 0 Å². The number of amides is 1. The van der Waals surface area contributed by atoms with Gasteiger partial charge in [0.15, 0.2) is 0 Å². The van der Waals surface area contributed by atoms with Crippen LogP contribution in [0.15, 0.2) is 17.2 Å². The molecule has 1 amide bonds. The maximum absolute atomic E-state index is 12.4. The van der Waals surface area contributed by atoms with Gasteiger partial charge in [0, 0.05) is 29.0 Å². The van der Waals surface area contributed by atoms with Gasteiger partial charge in [0.2, 0.25) is 0 Å². The third kappa shape index (κ3) is 3.80. The van der Waals surface area contributed by atoms with Crippen LogP contribution in [-0.4, -0.2) is 24.9 Å². The molecule has 1 aromatic rings. The standard InChI is InChI=1S/C14H21ClN2O3S/c1-3-10(2)16-14(18)13-8-12(21(15,19)20)9-17(13)11-6-4-5-7-11/h8-11H,3-7H2,1-2H3,(H,16,18). The summed E-state index contributed by atoms with van der Waals surface area (Å²) in [7, 11) is 1.59. The minimum absolute atomic E-state index is 0.00892. The second kappa shape index (κ2) is 6.40. The van der Waals surface area contributed by atoms with Crippen LogP contribution >= 0.6 is 10.7 Å². The van der Waals surface area contributed by atoms with E-state index in [1.807, 2.05) is 13.8 Å². The van der Waals surface area contributed by atoms with Crippen molar-refractivity contribution >= 4 is 25.6 Å². The van der Waals surface area contributed by atoms with Crippen LogP contribution in [-0.2, 0) is 9.05 Å². The van der Waals surface area contributed by atoms with Crippen molar-refractivity contribution in [2.24, 2.45) is 0 Å². The van der Waals surface area contributed by atoms with Gasteiger partial charge in [-0.25, -0.2) is 8.42 Å². The lowest BCUT2D eigenvalue weighted by molar-refractivity contribution is 0.0927. The van der Waals surface area contributed by atoms with Crippen LogP contribution in [0.25, 0.3) is 0 Å². The molecule has 1 aliphatic rings. The fourth-order valence-corrected chi connectivity index (χ4v) is 3.40. The van der Waals surface area contributed by atoms with Crippen molar-refractivity contribution in [1.29, 1.82) is 0 Å². The number of halogens is 1. The summed E-state index contributed by atoms with van der Waals surface area (Å²) in [6.07, 6.45) is 6.41. The topological polar surface area (TPSA) is 68.2 Å². The molecule has 0 radical (unpaired) electrons. The Hall–Kier alpha value is -1.01. The summed E-state index contributed by atoms with van der Waals surface area (Å²) in [5, 5.41) is 2.88. The van der Waals surface area contributed by atoms with Gasteiger partial charge < -0.3 is 9.88 Å². The summed E-state index contributed by atoms with van der Waals surface area (Å²) < 4.78 is 24.8. The Morgan fingerprint density at radius 3 is 2.62 bits per heavy atom. The molecular formula is C14H21ClN2O3S. The highest BCUT2D eigenvalue weighted by atomic mass is 35.7. The number of aromatic nitrogens is 1. The van der Waals surface area contributed by atoms with E-state index in [1.165, 1.54) is 12.3 Å². The Bertz CT molecular complexity index is 618. The van der Waals surface area contributed by atoms with E-state index in [4.69, 9.17) is 10.7 Å². The van der Waals surface area contributed by atoms with Gasteiger partial charge in [-0.3, -0.25) is 4.79 Å². The number of carbonyl (C=O) groups excluding carboxylic acids is 1. The minimum atomic E-state index is -3.83. The Morgan fingerprint density at radius 1 is 1.48 bits per heavy atom. The molecule has 1 unspecified atom stereocenters. The highest BCUT2D eigenvalue weighted by molar-refractivity contribution is 8.13.